The molecule has 0 aromatic carbocycles. The average Bonchev–Trinajstić information content (AvgIpc) is 3.40. The van der Waals surface area contributed by atoms with Gasteiger partial charge in [0.2, 0.25) is 5.91 Å². The van der Waals surface area contributed by atoms with Crippen molar-refractivity contribution in [2.45, 2.75) is 281 Å². The Balaban J connectivity index is 2.05. The van der Waals surface area contributed by atoms with E-state index in [1.807, 2.05) is 6.08 Å². The molecule has 0 spiro atoms. The van der Waals surface area contributed by atoms with Crippen LogP contribution in [-0.4, -0.2) is 87.5 Å². The number of aliphatic hydroxyl groups is 5. The highest BCUT2D eigenvalue weighted by Gasteiger charge is 2.44. The third-order valence-corrected chi connectivity index (χ3v) is 13.6. The predicted molar refractivity (Wildman–Crippen MR) is 313 cm³/mol. The molecule has 7 atom stereocenters. The van der Waals surface area contributed by atoms with E-state index < -0.39 is 49.5 Å². The van der Waals surface area contributed by atoms with Gasteiger partial charge < -0.3 is 40.3 Å². The summed E-state index contributed by atoms with van der Waals surface area (Å²) in [7, 11) is 0. The van der Waals surface area contributed by atoms with E-state index in [2.05, 4.69) is 116 Å². The van der Waals surface area contributed by atoms with Gasteiger partial charge in [0.15, 0.2) is 6.29 Å². The van der Waals surface area contributed by atoms with Gasteiger partial charge in [-0.25, -0.2) is 0 Å². The second kappa shape index (κ2) is 53.3. The number of ether oxygens (including phenoxy) is 2. The summed E-state index contributed by atoms with van der Waals surface area (Å²) in [4.78, 5) is 13.0. The number of hydrogen-bond donors (Lipinski definition) is 6. The lowest BCUT2D eigenvalue weighted by molar-refractivity contribution is -0.302. The topological polar surface area (TPSA) is 149 Å². The predicted octanol–water partition coefficient (Wildman–Crippen LogP) is 15.3. The Morgan fingerprint density at radius 3 is 1.24 bits per heavy atom. The van der Waals surface area contributed by atoms with Crippen LogP contribution in [0.1, 0.15) is 239 Å². The van der Waals surface area contributed by atoms with E-state index in [9.17, 15) is 30.3 Å². The molecule has 1 saturated heterocycles. The van der Waals surface area contributed by atoms with Crippen molar-refractivity contribution in [3.8, 4) is 0 Å². The molecule has 9 nitrogen and oxygen atoms in total. The fraction of sp³-hybridized carbons (Fsp3) is 0.708. The number of hydrogen-bond acceptors (Lipinski definition) is 8. The molecular formula is C65H111NO8. The first-order valence-corrected chi connectivity index (χ1v) is 30.1. The number of carbonyl (C=O) groups is 1. The van der Waals surface area contributed by atoms with Gasteiger partial charge in [-0.05, 0) is 83.5 Å². The van der Waals surface area contributed by atoms with Crippen LogP contribution >= 0.6 is 0 Å². The van der Waals surface area contributed by atoms with E-state index in [1.165, 1.54) is 128 Å². The summed E-state index contributed by atoms with van der Waals surface area (Å²) in [5.41, 5.74) is 0. The summed E-state index contributed by atoms with van der Waals surface area (Å²) in [6.07, 6.45) is 71.8. The maximum absolute atomic E-state index is 13.0. The molecular weight excluding hydrogens is 923 g/mol. The zero-order chi connectivity index (χ0) is 53.6. The molecule has 7 unspecified atom stereocenters. The minimum absolute atomic E-state index is 0.181. The van der Waals surface area contributed by atoms with Crippen molar-refractivity contribution in [1.82, 2.24) is 5.32 Å². The molecule has 74 heavy (non-hydrogen) atoms. The van der Waals surface area contributed by atoms with Crippen molar-refractivity contribution >= 4 is 5.91 Å². The van der Waals surface area contributed by atoms with Crippen molar-refractivity contribution in [2.75, 3.05) is 13.2 Å². The summed E-state index contributed by atoms with van der Waals surface area (Å²) < 4.78 is 11.2. The summed E-state index contributed by atoms with van der Waals surface area (Å²) in [6, 6.07) is -0.807. The van der Waals surface area contributed by atoms with Crippen LogP contribution in [0.4, 0.5) is 0 Å². The zero-order valence-electron chi connectivity index (χ0n) is 47.1. The Morgan fingerprint density at radius 2 is 0.838 bits per heavy atom. The van der Waals surface area contributed by atoms with Crippen molar-refractivity contribution < 1.29 is 39.8 Å². The maximum atomic E-state index is 13.0. The quantitative estimate of drug-likeness (QED) is 0.0261. The first kappa shape index (κ1) is 68.9. The highest BCUT2D eigenvalue weighted by Crippen LogP contribution is 2.23. The minimum atomic E-state index is -1.57. The Labute approximate surface area is 453 Å². The van der Waals surface area contributed by atoms with Crippen LogP contribution in [0.25, 0.3) is 0 Å². The van der Waals surface area contributed by atoms with Crippen LogP contribution in [0.2, 0.25) is 0 Å². The van der Waals surface area contributed by atoms with Gasteiger partial charge in [0.05, 0.1) is 25.4 Å². The Morgan fingerprint density at radius 1 is 0.473 bits per heavy atom. The number of unbranched alkanes of at least 4 members (excludes halogenated alkanes) is 24. The molecule has 6 N–H and O–H groups in total. The van der Waals surface area contributed by atoms with Gasteiger partial charge in [-0.15, -0.1) is 0 Å². The molecule has 1 heterocycles. The molecule has 0 aliphatic carbocycles. The van der Waals surface area contributed by atoms with Crippen LogP contribution in [0.5, 0.6) is 0 Å². The Bertz CT molecular complexity index is 1530. The highest BCUT2D eigenvalue weighted by molar-refractivity contribution is 5.76. The normalized spacial score (nSPS) is 19.8. The van der Waals surface area contributed by atoms with Gasteiger partial charge >= 0.3 is 0 Å². The van der Waals surface area contributed by atoms with E-state index in [0.717, 1.165) is 89.9 Å². The van der Waals surface area contributed by atoms with Gasteiger partial charge in [0.25, 0.3) is 0 Å². The number of aliphatic hydroxyl groups excluding tert-OH is 5. The lowest BCUT2D eigenvalue weighted by Gasteiger charge is -2.40. The third-order valence-electron chi connectivity index (χ3n) is 13.6. The molecule has 1 fully saturated rings. The van der Waals surface area contributed by atoms with Gasteiger partial charge in [-0.2, -0.15) is 0 Å². The minimum Gasteiger partial charge on any atom is -0.394 e. The average molecular weight is 1030 g/mol. The second-order valence-electron chi connectivity index (χ2n) is 20.4. The summed E-state index contributed by atoms with van der Waals surface area (Å²) in [5.74, 6) is -0.181. The molecule has 1 aliphatic heterocycles. The summed E-state index contributed by atoms with van der Waals surface area (Å²) in [6.45, 7) is 3.63. The first-order valence-electron chi connectivity index (χ1n) is 30.1. The summed E-state index contributed by atoms with van der Waals surface area (Å²) in [5, 5.41) is 54.3. The SMILES string of the molecule is CC/C=C\C/C=C\C/C=C\C/C=C\C/C=C\C/C=C\C/C=C\C/C=C\CCCCCCCCCCCCCCCCCCC(=O)NC(COC1OC(CO)C(O)C(O)C1O)C(O)/C=C/CCCCCCCCCC. The lowest BCUT2D eigenvalue weighted by Crippen LogP contribution is -2.60. The monoisotopic (exact) mass is 1030 g/mol. The van der Waals surface area contributed by atoms with Crippen molar-refractivity contribution in [3.05, 3.63) is 109 Å². The van der Waals surface area contributed by atoms with E-state index in [4.69, 9.17) is 9.47 Å². The standard InChI is InChI=1S/C65H111NO8/c1-3-5-7-9-11-13-15-16-17-18-19-20-21-22-23-24-25-26-27-28-29-30-31-32-33-34-35-36-37-38-39-40-41-42-43-44-45-47-49-51-53-55-61(69)66-58(57-73-65-64(72)63(71)62(70)60(56-67)74-65)59(68)54-52-50-48-46-14-12-10-8-6-4-2/h5,7,11,13,16-17,19-20,22-23,25-26,28-29,31-32,52,54,58-60,62-65,67-68,70-72H,3-4,6,8-10,12,14-15,18,21,24,27,30,33-51,53,55-57H2,1-2H3,(H,66,69)/b7-5-,13-11-,17-16-,20-19-,23-22-,26-25-,29-28-,32-31-,54-52+. The van der Waals surface area contributed by atoms with E-state index in [-0.39, 0.29) is 12.5 Å². The second-order valence-corrected chi connectivity index (χ2v) is 20.4. The van der Waals surface area contributed by atoms with E-state index >= 15 is 0 Å². The van der Waals surface area contributed by atoms with Gasteiger partial charge in [-0.1, -0.05) is 258 Å². The van der Waals surface area contributed by atoms with Crippen LogP contribution in [0.15, 0.2) is 109 Å². The van der Waals surface area contributed by atoms with E-state index in [0.29, 0.717) is 6.42 Å². The molecule has 9 heteroatoms. The molecule has 0 saturated carbocycles. The fourth-order valence-corrected chi connectivity index (χ4v) is 8.88. The molecule has 1 amide bonds. The van der Waals surface area contributed by atoms with Gasteiger partial charge in [0.1, 0.15) is 24.4 Å². The highest BCUT2D eigenvalue weighted by atomic mass is 16.7. The van der Waals surface area contributed by atoms with Crippen molar-refractivity contribution in [1.29, 1.82) is 0 Å². The lowest BCUT2D eigenvalue weighted by atomic mass is 9.99. The number of rotatable bonds is 50. The molecule has 424 valence electrons. The third kappa shape index (κ3) is 42.0. The largest absolute Gasteiger partial charge is 0.394 e. The van der Waals surface area contributed by atoms with Gasteiger partial charge in [0, 0.05) is 6.42 Å². The smallest absolute Gasteiger partial charge is 0.220 e. The Hall–Kier alpha value is -3.15. The number of allylic oxidation sites excluding steroid dienone is 17. The molecule has 0 radical (unpaired) electrons. The zero-order valence-corrected chi connectivity index (χ0v) is 47.1. The fourth-order valence-electron chi connectivity index (χ4n) is 8.88. The number of amides is 1. The Kier molecular flexibility index (Phi) is 49.6. The molecule has 1 rings (SSSR count). The van der Waals surface area contributed by atoms with Crippen LogP contribution in [-0.2, 0) is 14.3 Å². The molecule has 0 aromatic heterocycles. The van der Waals surface area contributed by atoms with E-state index in [1.54, 1.807) is 6.08 Å². The van der Waals surface area contributed by atoms with Crippen molar-refractivity contribution in [3.63, 3.8) is 0 Å². The molecule has 0 aromatic rings. The van der Waals surface area contributed by atoms with Crippen molar-refractivity contribution in [2.24, 2.45) is 0 Å². The van der Waals surface area contributed by atoms with Crippen LogP contribution in [0.3, 0.4) is 0 Å². The van der Waals surface area contributed by atoms with Crippen LogP contribution < -0.4 is 5.32 Å². The maximum Gasteiger partial charge on any atom is 0.220 e. The van der Waals surface area contributed by atoms with Gasteiger partial charge in [-0.3, -0.25) is 4.79 Å². The van der Waals surface area contributed by atoms with Crippen LogP contribution in [0, 0.1) is 0 Å². The number of carbonyl (C=O) groups excluding carboxylic acids is 1. The number of nitrogens with one attached hydrogen (secondary N) is 1. The summed E-state index contributed by atoms with van der Waals surface area (Å²) >= 11 is 0. The molecule has 0 bridgehead atoms. The first-order chi connectivity index (χ1) is 36.3. The molecule has 1 aliphatic rings.